The van der Waals surface area contributed by atoms with E-state index in [2.05, 4.69) is 26.6 Å². The van der Waals surface area contributed by atoms with Crippen molar-refractivity contribution >= 4 is 35.2 Å². The third kappa shape index (κ3) is 6.18. The molecule has 0 spiro atoms. The number of hydrogen-bond acceptors (Lipinski definition) is 10. The van der Waals surface area contributed by atoms with Crippen LogP contribution >= 0.6 is 23.5 Å². The lowest BCUT2D eigenvalue weighted by molar-refractivity contribution is -0.431. The fourth-order valence-corrected chi connectivity index (χ4v) is 10.6. The average molecular weight is 582 g/mol. The van der Waals surface area contributed by atoms with E-state index in [0.717, 1.165) is 43.3 Å². The van der Waals surface area contributed by atoms with Gasteiger partial charge in [-0.05, 0) is 31.4 Å². The Labute approximate surface area is 239 Å². The van der Waals surface area contributed by atoms with E-state index in [9.17, 15) is 9.59 Å². The van der Waals surface area contributed by atoms with E-state index in [1.165, 1.54) is 25.7 Å². The summed E-state index contributed by atoms with van der Waals surface area (Å²) in [6, 6.07) is 0.994. The van der Waals surface area contributed by atoms with Crippen LogP contribution in [-0.4, -0.2) is 115 Å². The second-order valence-corrected chi connectivity index (χ2v) is 14.5. The largest absolute Gasteiger partial charge is 0.378 e. The maximum atomic E-state index is 13.1. The van der Waals surface area contributed by atoms with Crippen LogP contribution in [0.2, 0.25) is 0 Å². The van der Waals surface area contributed by atoms with Gasteiger partial charge in [-0.25, -0.2) is 0 Å². The Balaban J connectivity index is 1.12. The first-order valence-electron chi connectivity index (χ1n) is 14.8. The average Bonchev–Trinajstić information content (AvgIpc) is 3.57. The van der Waals surface area contributed by atoms with E-state index < -0.39 is 0 Å². The highest BCUT2D eigenvalue weighted by molar-refractivity contribution is 8.04. The zero-order valence-electron chi connectivity index (χ0n) is 22.7. The second kappa shape index (κ2) is 12.6. The van der Waals surface area contributed by atoms with E-state index in [1.807, 2.05) is 23.5 Å². The molecule has 218 valence electrons. The van der Waals surface area contributed by atoms with Crippen LogP contribution in [0.4, 0.5) is 0 Å². The SMILES string of the molecule is NC(=O)C1NCC(N[C@H]2CCCC[C@H]2[NH3+])CC1NC1CCSC1C1COC2C(=O)C=C(N3CCOCC3)SC21. The Kier molecular flexibility index (Phi) is 9.11. The van der Waals surface area contributed by atoms with Crippen molar-refractivity contribution in [1.82, 2.24) is 20.9 Å². The lowest BCUT2D eigenvalue weighted by Crippen LogP contribution is -2.72. The van der Waals surface area contributed by atoms with Crippen LogP contribution in [0.15, 0.2) is 11.1 Å². The fourth-order valence-electron chi connectivity index (χ4n) is 7.37. The summed E-state index contributed by atoms with van der Waals surface area (Å²) in [6.07, 6.45) is 8.21. The minimum atomic E-state index is -0.384. The molecule has 39 heavy (non-hydrogen) atoms. The molecule has 5 heterocycles. The van der Waals surface area contributed by atoms with Crippen LogP contribution in [-0.2, 0) is 19.1 Å². The number of rotatable bonds is 7. The summed E-state index contributed by atoms with van der Waals surface area (Å²) in [5.74, 6) is 1.14. The van der Waals surface area contributed by atoms with E-state index in [0.29, 0.717) is 37.2 Å². The number of amides is 1. The van der Waals surface area contributed by atoms with Gasteiger partial charge < -0.3 is 41.8 Å². The number of hydrogen-bond donors (Lipinski definition) is 5. The summed E-state index contributed by atoms with van der Waals surface area (Å²) >= 11 is 3.81. The van der Waals surface area contributed by atoms with Crippen LogP contribution in [0, 0.1) is 5.92 Å². The van der Waals surface area contributed by atoms with Gasteiger partial charge >= 0.3 is 0 Å². The number of ketones is 1. The number of carbonyl (C=O) groups excluding carboxylic acids is 2. The number of fused-ring (bicyclic) bond motifs is 1. The van der Waals surface area contributed by atoms with Gasteiger partial charge in [-0.15, -0.1) is 11.8 Å². The van der Waals surface area contributed by atoms with Gasteiger partial charge in [0.1, 0.15) is 12.1 Å². The molecule has 10 nitrogen and oxygen atoms in total. The third-order valence-corrected chi connectivity index (χ3v) is 12.5. The van der Waals surface area contributed by atoms with Crippen LogP contribution < -0.4 is 27.4 Å². The Morgan fingerprint density at radius 1 is 1.10 bits per heavy atom. The van der Waals surface area contributed by atoms with Gasteiger partial charge in [0, 0.05) is 61.4 Å². The predicted molar refractivity (Wildman–Crippen MR) is 153 cm³/mol. The van der Waals surface area contributed by atoms with Gasteiger partial charge in [0.05, 0.1) is 42.2 Å². The molecular formula is C27H45N6O4S2+. The van der Waals surface area contributed by atoms with Gasteiger partial charge in [-0.3, -0.25) is 9.59 Å². The Morgan fingerprint density at radius 3 is 2.72 bits per heavy atom. The first-order chi connectivity index (χ1) is 19.0. The molecule has 0 aromatic rings. The molecule has 0 aromatic heterocycles. The number of primary amides is 1. The van der Waals surface area contributed by atoms with Gasteiger partial charge in [-0.2, -0.15) is 11.8 Å². The molecule has 8 N–H and O–H groups in total. The summed E-state index contributed by atoms with van der Waals surface area (Å²) in [6.45, 7) is 4.40. The summed E-state index contributed by atoms with van der Waals surface area (Å²) in [7, 11) is 0. The fraction of sp³-hybridized carbons (Fsp3) is 0.852. The molecule has 6 rings (SSSR count). The first kappa shape index (κ1) is 28.3. The molecule has 1 amide bonds. The number of quaternary nitrogens is 1. The van der Waals surface area contributed by atoms with E-state index in [1.54, 1.807) is 6.08 Å². The highest BCUT2D eigenvalue weighted by Gasteiger charge is 2.51. The second-order valence-electron chi connectivity index (χ2n) is 12.0. The van der Waals surface area contributed by atoms with Gasteiger partial charge in [0.2, 0.25) is 5.91 Å². The number of nitrogens with zero attached hydrogens (tertiary/aromatic N) is 1. The molecule has 0 aromatic carbocycles. The Bertz CT molecular complexity index is 936. The quantitative estimate of drug-likeness (QED) is 0.255. The van der Waals surface area contributed by atoms with Crippen molar-refractivity contribution in [2.45, 2.75) is 91.4 Å². The number of nitrogens with two attached hydrogens (primary N) is 1. The molecule has 5 aliphatic heterocycles. The standard InChI is InChI=1S/C27H44N6O4S2/c28-17-3-1-2-4-18(17)31-15-11-20(23(27(29)35)30-13-15)32-19-5-10-38-25(19)16-14-37-24-21(34)12-22(39-26(16)24)33-6-8-36-9-7-33/h12,15-20,23-26,30-32H,1-11,13-14,28H2,(H2,29,35)/p+1/t15?,16?,17-,18+,19?,20?,23?,24?,25?,26?/m1/s1. The molecular weight excluding hydrogens is 536 g/mol. The van der Waals surface area contributed by atoms with E-state index >= 15 is 0 Å². The Hall–Kier alpha value is -0.860. The molecule has 6 aliphatic rings. The number of nitrogens with one attached hydrogen (secondary N) is 3. The molecule has 1 saturated carbocycles. The van der Waals surface area contributed by atoms with Crippen LogP contribution in [0.5, 0.6) is 0 Å². The van der Waals surface area contributed by atoms with E-state index in [4.69, 9.17) is 15.2 Å². The van der Waals surface area contributed by atoms with Crippen molar-refractivity contribution in [1.29, 1.82) is 0 Å². The molecule has 5 fully saturated rings. The number of ether oxygens (including phenoxy) is 2. The maximum Gasteiger partial charge on any atom is 0.236 e. The minimum Gasteiger partial charge on any atom is -0.378 e. The van der Waals surface area contributed by atoms with Crippen molar-refractivity contribution in [3.63, 3.8) is 0 Å². The van der Waals surface area contributed by atoms with Gasteiger partial charge in [0.25, 0.3) is 0 Å². The topological polar surface area (TPSA) is 146 Å². The van der Waals surface area contributed by atoms with Crippen molar-refractivity contribution in [2.75, 3.05) is 45.2 Å². The zero-order chi connectivity index (χ0) is 26.9. The third-order valence-electron chi connectivity index (χ3n) is 9.49. The number of thioether (sulfide) groups is 2. The highest BCUT2D eigenvalue weighted by atomic mass is 32.2. The zero-order valence-corrected chi connectivity index (χ0v) is 24.4. The van der Waals surface area contributed by atoms with Crippen molar-refractivity contribution in [3.8, 4) is 0 Å². The van der Waals surface area contributed by atoms with Gasteiger partial charge in [0.15, 0.2) is 5.78 Å². The van der Waals surface area contributed by atoms with Crippen molar-refractivity contribution in [2.24, 2.45) is 11.7 Å². The molecule has 1 aliphatic carbocycles. The lowest BCUT2D eigenvalue weighted by atomic mass is 9.87. The Morgan fingerprint density at radius 2 is 1.92 bits per heavy atom. The molecule has 4 saturated heterocycles. The predicted octanol–water partition coefficient (Wildman–Crippen LogP) is -0.950. The molecule has 10 atom stereocenters. The number of piperidine rings is 1. The van der Waals surface area contributed by atoms with Crippen molar-refractivity contribution in [3.05, 3.63) is 11.1 Å². The van der Waals surface area contributed by atoms with Crippen LogP contribution in [0.1, 0.15) is 38.5 Å². The lowest BCUT2D eigenvalue weighted by Gasteiger charge is -2.41. The van der Waals surface area contributed by atoms with E-state index in [-0.39, 0.29) is 53.1 Å². The highest BCUT2D eigenvalue weighted by Crippen LogP contribution is 2.47. The normalized spacial score (nSPS) is 43.3. The summed E-state index contributed by atoms with van der Waals surface area (Å²) in [5.41, 5.74) is 10.3. The molecule has 0 radical (unpaired) electrons. The number of morpholine rings is 1. The van der Waals surface area contributed by atoms with Crippen LogP contribution in [0.3, 0.4) is 0 Å². The maximum absolute atomic E-state index is 13.1. The minimum absolute atomic E-state index is 0.0330. The number of carbonyl (C=O) groups is 2. The van der Waals surface area contributed by atoms with Crippen molar-refractivity contribution < 1.29 is 24.8 Å². The summed E-state index contributed by atoms with van der Waals surface area (Å²) in [4.78, 5) is 27.8. The summed E-state index contributed by atoms with van der Waals surface area (Å²) in [5, 5.41) is 12.7. The monoisotopic (exact) mass is 581 g/mol. The molecule has 12 heteroatoms. The van der Waals surface area contributed by atoms with Gasteiger partial charge in [-0.1, -0.05) is 6.42 Å². The summed E-state index contributed by atoms with van der Waals surface area (Å²) < 4.78 is 11.7. The molecule has 0 bridgehead atoms. The smallest absolute Gasteiger partial charge is 0.236 e. The van der Waals surface area contributed by atoms with Crippen LogP contribution in [0.25, 0.3) is 0 Å². The molecule has 8 unspecified atom stereocenters. The first-order valence-corrected chi connectivity index (χ1v) is 16.8.